The molecule has 0 aliphatic rings. The maximum Gasteiger partial charge on any atom is 0.322 e. The van der Waals surface area contributed by atoms with Crippen molar-refractivity contribution in [2.75, 3.05) is 11.9 Å². The summed E-state index contributed by atoms with van der Waals surface area (Å²) in [5.41, 5.74) is 2.04. The van der Waals surface area contributed by atoms with Crippen molar-refractivity contribution < 1.29 is 14.1 Å². The van der Waals surface area contributed by atoms with Gasteiger partial charge >= 0.3 is 6.03 Å². The Balaban J connectivity index is 2.06. The van der Waals surface area contributed by atoms with Gasteiger partial charge in [-0.05, 0) is 26.8 Å². The number of aromatic nitrogens is 1. The minimum absolute atomic E-state index is 0.200. The lowest BCUT2D eigenvalue weighted by Crippen LogP contribution is -2.31. The van der Waals surface area contributed by atoms with Gasteiger partial charge in [0.1, 0.15) is 5.75 Å². The second kappa shape index (κ2) is 6.78. The highest BCUT2D eigenvalue weighted by Crippen LogP contribution is 2.26. The second-order valence-electron chi connectivity index (χ2n) is 4.67. The third kappa shape index (κ3) is 3.98. The lowest BCUT2D eigenvalue weighted by atomic mass is 10.0. The van der Waals surface area contributed by atoms with Crippen LogP contribution in [0.1, 0.15) is 31.0 Å². The first-order valence-corrected chi connectivity index (χ1v) is 6.81. The number of rotatable bonds is 5. The summed E-state index contributed by atoms with van der Waals surface area (Å²) >= 11 is 0. The molecule has 0 saturated heterocycles. The minimum Gasteiger partial charge on any atom is -0.494 e. The summed E-state index contributed by atoms with van der Waals surface area (Å²) in [6.07, 6.45) is 1.47. The normalized spacial score (nSPS) is 11.8. The maximum atomic E-state index is 11.9. The topological polar surface area (TPSA) is 76.4 Å². The van der Waals surface area contributed by atoms with Crippen LogP contribution in [0.4, 0.5) is 10.7 Å². The van der Waals surface area contributed by atoms with Crippen molar-refractivity contribution in [3.63, 3.8) is 0 Å². The average Bonchev–Trinajstić information content (AvgIpc) is 2.93. The van der Waals surface area contributed by atoms with Gasteiger partial charge in [0.2, 0.25) is 5.88 Å². The van der Waals surface area contributed by atoms with Crippen LogP contribution in [0.5, 0.6) is 5.75 Å². The molecule has 0 aliphatic heterocycles. The van der Waals surface area contributed by atoms with Crippen molar-refractivity contribution in [3.8, 4) is 5.75 Å². The summed E-state index contributed by atoms with van der Waals surface area (Å²) < 4.78 is 10.4. The zero-order chi connectivity index (χ0) is 15.2. The number of carbonyl (C=O) groups excluding carboxylic acids is 1. The van der Waals surface area contributed by atoms with E-state index < -0.39 is 0 Å². The van der Waals surface area contributed by atoms with Crippen LogP contribution in [-0.2, 0) is 0 Å². The Kier molecular flexibility index (Phi) is 4.81. The number of benzene rings is 1. The van der Waals surface area contributed by atoms with Crippen LogP contribution < -0.4 is 15.4 Å². The van der Waals surface area contributed by atoms with Gasteiger partial charge in [-0.1, -0.05) is 22.9 Å². The number of carbonyl (C=O) groups is 1. The first-order chi connectivity index (χ1) is 10.1. The second-order valence-corrected chi connectivity index (χ2v) is 4.67. The Bertz CT molecular complexity index is 596. The van der Waals surface area contributed by atoms with Crippen LogP contribution in [0.25, 0.3) is 0 Å². The minimum atomic E-state index is -0.358. The molecule has 0 aliphatic carbocycles. The zero-order valence-electron chi connectivity index (χ0n) is 12.3. The molecule has 2 rings (SSSR count). The van der Waals surface area contributed by atoms with E-state index in [0.29, 0.717) is 12.5 Å². The van der Waals surface area contributed by atoms with Crippen LogP contribution in [-0.4, -0.2) is 17.8 Å². The van der Waals surface area contributed by atoms with E-state index in [1.165, 1.54) is 6.20 Å². The van der Waals surface area contributed by atoms with E-state index >= 15 is 0 Å². The molecule has 6 nitrogen and oxygen atoms in total. The summed E-state index contributed by atoms with van der Waals surface area (Å²) in [6.45, 7) is 6.41. The number of anilines is 1. The van der Waals surface area contributed by atoms with E-state index in [4.69, 9.17) is 9.26 Å². The monoisotopic (exact) mass is 289 g/mol. The van der Waals surface area contributed by atoms with E-state index in [1.54, 1.807) is 6.07 Å². The smallest absolute Gasteiger partial charge is 0.322 e. The number of ether oxygens (including phenoxy) is 1. The highest BCUT2D eigenvalue weighted by molar-refractivity contribution is 5.88. The molecule has 1 atom stereocenters. The first-order valence-electron chi connectivity index (χ1n) is 6.81. The fourth-order valence-corrected chi connectivity index (χ4v) is 2.00. The quantitative estimate of drug-likeness (QED) is 0.885. The Labute approximate surface area is 123 Å². The number of amides is 2. The van der Waals surface area contributed by atoms with Gasteiger partial charge in [0.05, 0.1) is 18.8 Å². The molecule has 2 N–H and O–H groups in total. The molecule has 1 unspecified atom stereocenters. The molecule has 21 heavy (non-hydrogen) atoms. The van der Waals surface area contributed by atoms with Crippen molar-refractivity contribution in [2.24, 2.45) is 0 Å². The zero-order valence-corrected chi connectivity index (χ0v) is 12.3. The Morgan fingerprint density at radius 2 is 2.24 bits per heavy atom. The maximum absolute atomic E-state index is 11.9. The molecule has 0 saturated carbocycles. The molecule has 0 radical (unpaired) electrons. The summed E-state index contributed by atoms with van der Waals surface area (Å²) in [5.74, 6) is 1.07. The van der Waals surface area contributed by atoms with Crippen molar-refractivity contribution >= 4 is 11.9 Å². The number of aryl methyl sites for hydroxylation is 1. The van der Waals surface area contributed by atoms with Gasteiger partial charge in [0.25, 0.3) is 0 Å². The molecule has 0 spiro atoms. The largest absolute Gasteiger partial charge is 0.494 e. The van der Waals surface area contributed by atoms with Gasteiger partial charge in [-0.3, -0.25) is 5.32 Å². The van der Waals surface area contributed by atoms with Gasteiger partial charge in [0, 0.05) is 11.6 Å². The summed E-state index contributed by atoms with van der Waals surface area (Å²) in [6, 6.07) is 6.92. The van der Waals surface area contributed by atoms with Crippen LogP contribution in [0.15, 0.2) is 35.0 Å². The fourth-order valence-electron chi connectivity index (χ4n) is 2.00. The van der Waals surface area contributed by atoms with E-state index in [1.807, 2.05) is 39.0 Å². The third-order valence-corrected chi connectivity index (χ3v) is 2.95. The standard InChI is InChI=1S/C15H19N3O3/c1-4-20-13-6-5-10(2)9-12(13)11(3)17-15(19)18-14-7-8-16-21-14/h5-9,11H,4H2,1-3H3,(H2,17,18,19). The van der Waals surface area contributed by atoms with Crippen LogP contribution in [0, 0.1) is 6.92 Å². The molecule has 0 bridgehead atoms. The third-order valence-electron chi connectivity index (χ3n) is 2.95. The molecule has 6 heteroatoms. The molecule has 2 aromatic rings. The number of nitrogens with zero attached hydrogens (tertiary/aromatic N) is 1. The Hall–Kier alpha value is -2.50. The summed E-state index contributed by atoms with van der Waals surface area (Å²) in [7, 11) is 0. The van der Waals surface area contributed by atoms with Gasteiger partial charge in [-0.25, -0.2) is 4.79 Å². The van der Waals surface area contributed by atoms with Crippen LogP contribution >= 0.6 is 0 Å². The highest BCUT2D eigenvalue weighted by Gasteiger charge is 2.15. The van der Waals surface area contributed by atoms with Crippen molar-refractivity contribution in [1.29, 1.82) is 0 Å². The SMILES string of the molecule is CCOc1ccc(C)cc1C(C)NC(=O)Nc1ccno1. The van der Waals surface area contributed by atoms with Crippen molar-refractivity contribution in [3.05, 3.63) is 41.6 Å². The average molecular weight is 289 g/mol. The van der Waals surface area contributed by atoms with E-state index in [2.05, 4.69) is 15.8 Å². The van der Waals surface area contributed by atoms with E-state index in [9.17, 15) is 4.79 Å². The Morgan fingerprint density at radius 1 is 1.43 bits per heavy atom. The molecule has 1 heterocycles. The number of urea groups is 1. The summed E-state index contributed by atoms with van der Waals surface area (Å²) in [5, 5.41) is 8.94. The Morgan fingerprint density at radius 3 is 2.90 bits per heavy atom. The predicted molar refractivity (Wildman–Crippen MR) is 79.4 cm³/mol. The number of hydrogen-bond acceptors (Lipinski definition) is 4. The lowest BCUT2D eigenvalue weighted by molar-refractivity contribution is 0.248. The fraction of sp³-hybridized carbons (Fsp3) is 0.333. The van der Waals surface area contributed by atoms with E-state index in [-0.39, 0.29) is 12.1 Å². The van der Waals surface area contributed by atoms with Gasteiger partial charge < -0.3 is 14.6 Å². The number of hydrogen-bond donors (Lipinski definition) is 2. The number of nitrogens with one attached hydrogen (secondary N) is 2. The first kappa shape index (κ1) is 14.9. The molecule has 1 aromatic carbocycles. The summed E-state index contributed by atoms with van der Waals surface area (Å²) in [4.78, 5) is 11.9. The van der Waals surface area contributed by atoms with Crippen molar-refractivity contribution in [1.82, 2.24) is 10.5 Å². The van der Waals surface area contributed by atoms with Gasteiger partial charge in [0.15, 0.2) is 0 Å². The molecule has 112 valence electrons. The van der Waals surface area contributed by atoms with Crippen LogP contribution in [0.2, 0.25) is 0 Å². The van der Waals surface area contributed by atoms with Gasteiger partial charge in [-0.15, -0.1) is 0 Å². The molecule has 2 amide bonds. The molecular formula is C15H19N3O3. The molecule has 0 fully saturated rings. The molecule has 1 aromatic heterocycles. The van der Waals surface area contributed by atoms with Crippen molar-refractivity contribution in [2.45, 2.75) is 26.8 Å². The van der Waals surface area contributed by atoms with Crippen LogP contribution in [0.3, 0.4) is 0 Å². The lowest BCUT2D eigenvalue weighted by Gasteiger charge is -2.18. The van der Waals surface area contributed by atoms with E-state index in [0.717, 1.165) is 16.9 Å². The molecular weight excluding hydrogens is 270 g/mol. The van der Waals surface area contributed by atoms with Gasteiger partial charge in [-0.2, -0.15) is 0 Å². The predicted octanol–water partition coefficient (Wildman–Crippen LogP) is 3.26. The highest BCUT2D eigenvalue weighted by atomic mass is 16.5.